The second kappa shape index (κ2) is 11.7. The number of benzene rings is 2. The number of anilines is 3. The number of hydrogen-bond donors (Lipinski definition) is 1. The number of nitrogens with zero attached hydrogens (tertiary/aromatic N) is 5. The first-order valence-electron chi connectivity index (χ1n) is 16.2. The average Bonchev–Trinajstić information content (AvgIpc) is 3.60. The molecular formula is C36H42N6O7. The molecule has 6 rings (SSSR count). The van der Waals surface area contributed by atoms with Crippen molar-refractivity contribution in [3.63, 3.8) is 0 Å². The van der Waals surface area contributed by atoms with Crippen molar-refractivity contribution in [2.45, 2.75) is 90.3 Å². The molecule has 2 aromatic carbocycles. The fraction of sp³-hybridized carbons (Fsp3) is 0.444. The van der Waals surface area contributed by atoms with Crippen LogP contribution in [-0.4, -0.2) is 63.3 Å². The molecule has 1 aliphatic heterocycles. The fourth-order valence-corrected chi connectivity index (χ4v) is 6.20. The van der Waals surface area contributed by atoms with Gasteiger partial charge in [0.25, 0.3) is 5.88 Å². The molecule has 0 radical (unpaired) electrons. The number of imide groups is 1. The van der Waals surface area contributed by atoms with Gasteiger partial charge in [0.05, 0.1) is 42.7 Å². The van der Waals surface area contributed by atoms with Crippen LogP contribution in [0.4, 0.5) is 26.9 Å². The summed E-state index contributed by atoms with van der Waals surface area (Å²) < 4.78 is 23.5. The maximum Gasteiger partial charge on any atom is 0.435 e. The van der Waals surface area contributed by atoms with Crippen LogP contribution in [0.3, 0.4) is 0 Å². The molecule has 1 aliphatic carbocycles. The number of carbonyl (C=O) groups is 3. The van der Waals surface area contributed by atoms with Crippen molar-refractivity contribution in [2.75, 3.05) is 24.4 Å². The molecule has 3 heterocycles. The van der Waals surface area contributed by atoms with Gasteiger partial charge in [-0.25, -0.2) is 24.5 Å². The topological polar surface area (TPSA) is 147 Å². The Morgan fingerprint density at radius 3 is 2.27 bits per heavy atom. The van der Waals surface area contributed by atoms with Gasteiger partial charge in [0.15, 0.2) is 11.6 Å². The minimum atomic E-state index is -1.02. The number of carbonyl (C=O) groups excluding carboxylic acids is 3. The van der Waals surface area contributed by atoms with Crippen LogP contribution in [0.1, 0.15) is 90.5 Å². The molecule has 2 aromatic heterocycles. The van der Waals surface area contributed by atoms with Crippen LogP contribution in [0.2, 0.25) is 0 Å². The highest BCUT2D eigenvalue weighted by molar-refractivity contribution is 6.23. The highest BCUT2D eigenvalue weighted by atomic mass is 16.6. The van der Waals surface area contributed by atoms with E-state index >= 15 is 0 Å². The maximum absolute atomic E-state index is 14.3. The Labute approximate surface area is 284 Å². The van der Waals surface area contributed by atoms with E-state index in [1.165, 1.54) is 11.8 Å². The van der Waals surface area contributed by atoms with Crippen LogP contribution >= 0.6 is 0 Å². The molecule has 2 aliphatic rings. The third-order valence-electron chi connectivity index (χ3n) is 8.50. The van der Waals surface area contributed by atoms with Crippen molar-refractivity contribution < 1.29 is 33.3 Å². The first-order chi connectivity index (χ1) is 23.0. The molecule has 0 bridgehead atoms. The van der Waals surface area contributed by atoms with Crippen molar-refractivity contribution in [1.29, 1.82) is 0 Å². The van der Waals surface area contributed by atoms with Gasteiger partial charge in [-0.1, -0.05) is 19.9 Å². The van der Waals surface area contributed by atoms with Crippen LogP contribution < -0.4 is 19.7 Å². The summed E-state index contributed by atoms with van der Waals surface area (Å²) >= 11 is 0. The van der Waals surface area contributed by atoms with Crippen LogP contribution in [-0.2, 0) is 19.7 Å². The molecule has 13 nitrogen and oxygen atoms in total. The SMILES string of the molecule is COc1ccc2c(c1)[C@]1(C[C@H]1c1ccc3c(Nc4nc(C(C)C)cnc4OC)nn(C(=O)OC(C)(C)C)c3c1)C(=O)N2C(=O)OC(C)(C)C. The summed E-state index contributed by atoms with van der Waals surface area (Å²) in [6.45, 7) is 14.6. The fourth-order valence-electron chi connectivity index (χ4n) is 6.20. The average molecular weight is 671 g/mol. The van der Waals surface area contributed by atoms with Gasteiger partial charge < -0.3 is 24.3 Å². The van der Waals surface area contributed by atoms with Crippen LogP contribution in [0.25, 0.3) is 10.9 Å². The first kappa shape index (κ1) is 33.7. The molecule has 258 valence electrons. The quantitative estimate of drug-likeness (QED) is 0.222. The van der Waals surface area contributed by atoms with Crippen molar-refractivity contribution in [2.24, 2.45) is 0 Å². The van der Waals surface area contributed by atoms with E-state index < -0.39 is 28.8 Å². The molecular weight excluding hydrogens is 628 g/mol. The van der Waals surface area contributed by atoms with Crippen molar-refractivity contribution in [1.82, 2.24) is 19.7 Å². The van der Waals surface area contributed by atoms with E-state index in [1.807, 2.05) is 38.1 Å². The lowest BCUT2D eigenvalue weighted by molar-refractivity contribution is -0.120. The van der Waals surface area contributed by atoms with E-state index in [2.05, 4.69) is 15.4 Å². The maximum atomic E-state index is 14.3. The molecule has 4 aromatic rings. The Balaban J connectivity index is 1.44. The van der Waals surface area contributed by atoms with E-state index in [-0.39, 0.29) is 23.6 Å². The predicted octanol–water partition coefficient (Wildman–Crippen LogP) is 7.20. The minimum absolute atomic E-state index is 0.109. The summed E-state index contributed by atoms with van der Waals surface area (Å²) in [6, 6.07) is 10.8. The third kappa shape index (κ3) is 6.02. The summed E-state index contributed by atoms with van der Waals surface area (Å²) in [5.74, 6) is 0.955. The summed E-state index contributed by atoms with van der Waals surface area (Å²) in [5.41, 5.74) is 0.543. The van der Waals surface area contributed by atoms with Gasteiger partial charge in [-0.05, 0) is 95.3 Å². The predicted molar refractivity (Wildman–Crippen MR) is 183 cm³/mol. The second-order valence-electron chi connectivity index (χ2n) is 14.7. The number of rotatable bonds is 6. The van der Waals surface area contributed by atoms with Gasteiger partial charge >= 0.3 is 12.2 Å². The minimum Gasteiger partial charge on any atom is -0.497 e. The largest absolute Gasteiger partial charge is 0.497 e. The smallest absolute Gasteiger partial charge is 0.435 e. The Morgan fingerprint density at radius 1 is 0.939 bits per heavy atom. The summed E-state index contributed by atoms with van der Waals surface area (Å²) in [4.78, 5) is 51.4. The van der Waals surface area contributed by atoms with Crippen molar-refractivity contribution >= 4 is 46.3 Å². The van der Waals surface area contributed by atoms with Crippen LogP contribution in [0.5, 0.6) is 11.6 Å². The normalized spacial score (nSPS) is 18.6. The lowest BCUT2D eigenvalue weighted by Crippen LogP contribution is -2.41. The van der Waals surface area contributed by atoms with E-state index in [0.717, 1.165) is 16.2 Å². The van der Waals surface area contributed by atoms with Gasteiger partial charge in [0.2, 0.25) is 5.91 Å². The number of nitrogens with one attached hydrogen (secondary N) is 1. The van der Waals surface area contributed by atoms with E-state index in [4.69, 9.17) is 23.9 Å². The Hall–Kier alpha value is -5.20. The van der Waals surface area contributed by atoms with Crippen molar-refractivity contribution in [3.05, 3.63) is 59.4 Å². The Bertz CT molecular complexity index is 1990. The van der Waals surface area contributed by atoms with Gasteiger partial charge in [0.1, 0.15) is 17.0 Å². The zero-order chi connectivity index (χ0) is 35.6. The Kier molecular flexibility index (Phi) is 8.07. The van der Waals surface area contributed by atoms with Crippen LogP contribution in [0.15, 0.2) is 42.6 Å². The lowest BCUT2D eigenvalue weighted by Gasteiger charge is -2.24. The molecule has 0 unspecified atom stereocenters. The zero-order valence-corrected chi connectivity index (χ0v) is 29.5. The molecule has 1 spiro atoms. The Morgan fingerprint density at radius 2 is 1.63 bits per heavy atom. The van der Waals surface area contributed by atoms with E-state index in [9.17, 15) is 14.4 Å². The second-order valence-corrected chi connectivity index (χ2v) is 14.7. The summed E-state index contributed by atoms with van der Waals surface area (Å²) in [7, 11) is 3.06. The standard InChI is InChI=1S/C36H42N6O7/c1-19(2)25-18-37-30(47-10)29(38-25)39-28-22-13-11-20(15-27(22)42(40-28)33(45)49-35(6,7)8)24-17-36(24)23-16-21(46-9)12-14-26(23)41(31(36)43)32(44)48-34(3,4)5/h11-16,18-19,24H,17H2,1-10H3,(H,38,39,40)/t24-,36-/m0/s1. The molecule has 49 heavy (non-hydrogen) atoms. The molecule has 2 atom stereocenters. The number of amides is 2. The third-order valence-corrected chi connectivity index (χ3v) is 8.50. The number of aromatic nitrogens is 4. The molecule has 2 amide bonds. The summed E-state index contributed by atoms with van der Waals surface area (Å²) in [6.07, 6.45) is 0.689. The van der Waals surface area contributed by atoms with Gasteiger partial charge in [-0.2, -0.15) is 4.68 Å². The summed E-state index contributed by atoms with van der Waals surface area (Å²) in [5, 5.41) is 8.45. The van der Waals surface area contributed by atoms with E-state index in [0.29, 0.717) is 46.0 Å². The molecule has 13 heteroatoms. The first-order valence-corrected chi connectivity index (χ1v) is 16.2. The van der Waals surface area contributed by atoms with Crippen LogP contribution in [0, 0.1) is 0 Å². The number of fused-ring (bicyclic) bond motifs is 3. The molecule has 0 saturated heterocycles. The van der Waals surface area contributed by atoms with E-state index in [1.54, 1.807) is 67.0 Å². The number of hydrogen-bond acceptors (Lipinski definition) is 11. The molecule has 1 saturated carbocycles. The number of ether oxygens (including phenoxy) is 4. The van der Waals surface area contributed by atoms with Gasteiger partial charge in [-0.3, -0.25) is 4.79 Å². The molecule has 1 N–H and O–H groups in total. The number of methoxy groups -OCH3 is 2. The molecule has 1 fully saturated rings. The zero-order valence-electron chi connectivity index (χ0n) is 29.5. The lowest BCUT2D eigenvalue weighted by atomic mass is 9.91. The highest BCUT2D eigenvalue weighted by Gasteiger charge is 2.68. The highest BCUT2D eigenvalue weighted by Crippen LogP contribution is 2.67. The monoisotopic (exact) mass is 670 g/mol. The van der Waals surface area contributed by atoms with Crippen molar-refractivity contribution in [3.8, 4) is 11.6 Å². The van der Waals surface area contributed by atoms with Gasteiger partial charge in [0, 0.05) is 11.3 Å². The van der Waals surface area contributed by atoms with Gasteiger partial charge in [-0.15, -0.1) is 5.10 Å².